The Balaban J connectivity index is 1.94. The molecule has 0 bridgehead atoms. The van der Waals surface area contributed by atoms with Crippen LogP contribution >= 0.6 is 0 Å². The van der Waals surface area contributed by atoms with Crippen LogP contribution in [0.1, 0.15) is 51.0 Å². The van der Waals surface area contributed by atoms with Gasteiger partial charge in [0.15, 0.2) is 0 Å². The van der Waals surface area contributed by atoms with Crippen LogP contribution in [0.5, 0.6) is 0 Å². The maximum atomic E-state index is 10.3. The topological polar surface area (TPSA) is 78.4 Å². The van der Waals surface area contributed by atoms with E-state index >= 15 is 0 Å². The van der Waals surface area contributed by atoms with Gasteiger partial charge in [-0.2, -0.15) is 5.10 Å². The first-order valence-corrected chi connectivity index (χ1v) is 8.79. The first-order chi connectivity index (χ1) is 12.2. The van der Waals surface area contributed by atoms with E-state index in [1.54, 1.807) is 6.20 Å². The Labute approximate surface area is 149 Å². The molecule has 0 spiro atoms. The van der Waals surface area contributed by atoms with E-state index in [-0.39, 0.29) is 0 Å². The Bertz CT molecular complexity index is 643. The molecule has 1 heterocycles. The molecule has 0 unspecified atom stereocenters. The van der Waals surface area contributed by atoms with Gasteiger partial charge in [0.25, 0.3) is 0 Å². The van der Waals surface area contributed by atoms with Gasteiger partial charge in [0.2, 0.25) is 6.41 Å². The number of carbonyl (C=O) groups excluding carboxylic acids is 1. The van der Waals surface area contributed by atoms with Crippen molar-refractivity contribution in [3.05, 3.63) is 42.2 Å². The van der Waals surface area contributed by atoms with Crippen LogP contribution in [-0.2, 0) is 4.79 Å². The molecule has 3 N–H and O–H groups in total. The molecule has 1 saturated carbocycles. The summed E-state index contributed by atoms with van der Waals surface area (Å²) in [5.41, 5.74) is 7.02. The average Bonchev–Trinajstić information content (AvgIpc) is 2.66. The lowest BCUT2D eigenvalue weighted by Crippen LogP contribution is -2.18. The van der Waals surface area contributed by atoms with E-state index in [0.29, 0.717) is 18.8 Å². The Morgan fingerprint density at radius 3 is 2.88 bits per heavy atom. The number of allylic oxidation sites excluding steroid dienone is 1. The monoisotopic (exact) mass is 341 g/mol. The second-order valence-corrected chi connectivity index (χ2v) is 6.02. The third-order valence-electron chi connectivity index (χ3n) is 4.15. The molecule has 0 aromatic carbocycles. The molecule has 1 aromatic rings. The second kappa shape index (κ2) is 10.3. The zero-order valence-electron chi connectivity index (χ0n) is 14.8. The zero-order valence-corrected chi connectivity index (χ0v) is 14.8. The van der Waals surface area contributed by atoms with Gasteiger partial charge in [0, 0.05) is 41.8 Å². The van der Waals surface area contributed by atoms with Crippen molar-refractivity contribution in [3.8, 4) is 0 Å². The van der Waals surface area contributed by atoms with E-state index in [4.69, 9.17) is 0 Å². The van der Waals surface area contributed by atoms with Gasteiger partial charge < -0.3 is 10.6 Å². The molecule has 1 aliphatic carbocycles. The lowest BCUT2D eigenvalue weighted by atomic mass is 9.99. The number of hydrazone groups is 1. The number of carbonyl (C=O) groups is 1. The smallest absolute Gasteiger partial charge is 0.207 e. The number of anilines is 1. The van der Waals surface area contributed by atoms with Gasteiger partial charge in [0.05, 0.1) is 0 Å². The fraction of sp³-hybridized carbons (Fsp3) is 0.421. The van der Waals surface area contributed by atoms with Crippen molar-refractivity contribution in [3.63, 3.8) is 0 Å². The number of aromatic nitrogens is 1. The minimum atomic E-state index is 0.587. The first kappa shape index (κ1) is 18.7. The quantitative estimate of drug-likeness (QED) is 0.365. The van der Waals surface area contributed by atoms with Gasteiger partial charge >= 0.3 is 0 Å². The largest absolute Gasteiger partial charge is 0.359 e. The van der Waals surface area contributed by atoms with Crippen LogP contribution in [0.3, 0.4) is 0 Å². The standard InChI is InChI=1S/C19H27N5O/c1-3-17(10-11-20-14-25)22-15(2)16-9-12-21-19(13-16)24-23-18-7-5-4-6-8-18/h3,9,12-14,22H,2,4-8,10-11H2,1H3,(H,20,25)(H,21,24)/b17-3+. The number of hydrogen-bond acceptors (Lipinski definition) is 5. The van der Waals surface area contributed by atoms with Crippen LogP contribution in [-0.4, -0.2) is 23.7 Å². The van der Waals surface area contributed by atoms with Crippen LogP contribution in [0, 0.1) is 0 Å². The van der Waals surface area contributed by atoms with Crippen molar-refractivity contribution in [2.45, 2.75) is 45.4 Å². The fourth-order valence-corrected chi connectivity index (χ4v) is 2.70. The molecule has 25 heavy (non-hydrogen) atoms. The van der Waals surface area contributed by atoms with E-state index in [0.717, 1.165) is 36.2 Å². The predicted octanol–water partition coefficient (Wildman–Crippen LogP) is 3.41. The molecule has 1 fully saturated rings. The highest BCUT2D eigenvalue weighted by molar-refractivity contribution is 5.85. The summed E-state index contributed by atoms with van der Waals surface area (Å²) in [6.07, 6.45) is 11.0. The van der Waals surface area contributed by atoms with Crippen molar-refractivity contribution in [2.75, 3.05) is 12.0 Å². The second-order valence-electron chi connectivity index (χ2n) is 6.02. The van der Waals surface area contributed by atoms with Crippen LogP contribution in [0.2, 0.25) is 0 Å². The van der Waals surface area contributed by atoms with Gasteiger partial charge in [-0.15, -0.1) is 0 Å². The highest BCUT2D eigenvalue weighted by Gasteiger charge is 2.07. The van der Waals surface area contributed by atoms with E-state index < -0.39 is 0 Å². The van der Waals surface area contributed by atoms with Crippen molar-refractivity contribution < 1.29 is 4.79 Å². The van der Waals surface area contributed by atoms with Gasteiger partial charge in [-0.1, -0.05) is 19.1 Å². The van der Waals surface area contributed by atoms with E-state index in [2.05, 4.69) is 32.7 Å². The van der Waals surface area contributed by atoms with Gasteiger partial charge in [-0.25, -0.2) is 4.98 Å². The molecule has 6 heteroatoms. The number of hydrogen-bond donors (Lipinski definition) is 3. The maximum Gasteiger partial charge on any atom is 0.207 e. The third kappa shape index (κ3) is 6.41. The minimum absolute atomic E-state index is 0.587. The number of nitrogens with zero attached hydrogens (tertiary/aromatic N) is 2. The van der Waals surface area contributed by atoms with Crippen LogP contribution in [0.25, 0.3) is 5.70 Å². The molecule has 1 aliphatic rings. The zero-order chi connectivity index (χ0) is 17.9. The molecule has 0 radical (unpaired) electrons. The molecule has 2 rings (SSSR count). The van der Waals surface area contributed by atoms with Crippen molar-refractivity contribution >= 4 is 23.6 Å². The lowest BCUT2D eigenvalue weighted by Gasteiger charge is -2.14. The van der Waals surface area contributed by atoms with Gasteiger partial charge in [0.1, 0.15) is 5.82 Å². The Morgan fingerprint density at radius 2 is 2.16 bits per heavy atom. The summed E-state index contributed by atoms with van der Waals surface area (Å²) in [4.78, 5) is 14.7. The van der Waals surface area contributed by atoms with Gasteiger partial charge in [-0.3, -0.25) is 10.2 Å². The summed E-state index contributed by atoms with van der Waals surface area (Å²) in [6, 6.07) is 3.84. The minimum Gasteiger partial charge on any atom is -0.359 e. The number of amides is 1. The number of nitrogens with one attached hydrogen (secondary N) is 3. The fourth-order valence-electron chi connectivity index (χ4n) is 2.70. The number of rotatable bonds is 9. The van der Waals surface area contributed by atoms with Crippen molar-refractivity contribution in [1.82, 2.24) is 15.6 Å². The highest BCUT2D eigenvalue weighted by atomic mass is 16.1. The Kier molecular flexibility index (Phi) is 7.69. The van der Waals surface area contributed by atoms with Crippen LogP contribution in [0.4, 0.5) is 5.82 Å². The number of pyridine rings is 1. The van der Waals surface area contributed by atoms with Crippen LogP contribution in [0.15, 0.2) is 41.8 Å². The Morgan fingerprint density at radius 1 is 1.36 bits per heavy atom. The molecule has 134 valence electrons. The average molecular weight is 341 g/mol. The Hall–Kier alpha value is -2.63. The molecule has 1 amide bonds. The molecule has 0 saturated heterocycles. The summed E-state index contributed by atoms with van der Waals surface area (Å²) in [5, 5.41) is 10.4. The molecular weight excluding hydrogens is 314 g/mol. The lowest BCUT2D eigenvalue weighted by molar-refractivity contribution is -0.109. The van der Waals surface area contributed by atoms with E-state index in [1.807, 2.05) is 25.1 Å². The normalized spacial score (nSPS) is 14.6. The summed E-state index contributed by atoms with van der Waals surface area (Å²) >= 11 is 0. The summed E-state index contributed by atoms with van der Waals surface area (Å²) in [5.74, 6) is 0.711. The summed E-state index contributed by atoms with van der Waals surface area (Å²) in [6.45, 7) is 6.64. The highest BCUT2D eigenvalue weighted by Crippen LogP contribution is 2.17. The predicted molar refractivity (Wildman–Crippen MR) is 103 cm³/mol. The molecule has 0 aliphatic heterocycles. The summed E-state index contributed by atoms with van der Waals surface area (Å²) in [7, 11) is 0. The molecular formula is C19H27N5O. The first-order valence-electron chi connectivity index (χ1n) is 8.79. The molecule has 1 aromatic heterocycles. The summed E-state index contributed by atoms with van der Waals surface area (Å²) < 4.78 is 0. The van der Waals surface area contributed by atoms with Gasteiger partial charge in [-0.05, 0) is 44.7 Å². The van der Waals surface area contributed by atoms with Crippen molar-refractivity contribution in [1.29, 1.82) is 0 Å². The van der Waals surface area contributed by atoms with Crippen molar-refractivity contribution in [2.24, 2.45) is 5.10 Å². The van der Waals surface area contributed by atoms with E-state index in [1.165, 1.54) is 25.0 Å². The van der Waals surface area contributed by atoms with Crippen LogP contribution < -0.4 is 16.1 Å². The molecule has 6 nitrogen and oxygen atoms in total. The molecule has 0 atom stereocenters. The third-order valence-corrected chi connectivity index (χ3v) is 4.15. The van der Waals surface area contributed by atoms with E-state index in [9.17, 15) is 4.79 Å². The SMILES string of the molecule is C=C(N/C(=C/C)CCNC=O)c1ccnc(NN=C2CCCCC2)c1. The maximum absolute atomic E-state index is 10.3.